The maximum atomic E-state index is 11.7. The van der Waals surface area contributed by atoms with Gasteiger partial charge in [-0.25, -0.2) is 0 Å². The summed E-state index contributed by atoms with van der Waals surface area (Å²) < 4.78 is 5.13. The summed E-state index contributed by atoms with van der Waals surface area (Å²) in [7, 11) is 1.46. The molecule has 0 bridgehead atoms. The highest BCUT2D eigenvalue weighted by molar-refractivity contribution is 6.01. The molecule has 0 aromatic carbocycles. The predicted octanol–water partition coefficient (Wildman–Crippen LogP) is -0.912. The van der Waals surface area contributed by atoms with Crippen molar-refractivity contribution in [1.29, 1.82) is 0 Å². The number of nitrogens with one attached hydrogen (secondary N) is 1. The molecule has 3 N–H and O–H groups in total. The van der Waals surface area contributed by atoms with Crippen molar-refractivity contribution >= 4 is 17.8 Å². The molecule has 0 spiro atoms. The molecule has 2 amide bonds. The molecule has 1 aromatic heterocycles. The van der Waals surface area contributed by atoms with E-state index >= 15 is 0 Å². The van der Waals surface area contributed by atoms with Gasteiger partial charge in [0.1, 0.15) is 6.04 Å². The van der Waals surface area contributed by atoms with Crippen LogP contribution in [0.15, 0.2) is 4.42 Å². The molecule has 2 rings (SSSR count). The molecule has 1 unspecified atom stereocenters. The second-order valence-electron chi connectivity index (χ2n) is 3.73. The Hall–Kier alpha value is -1.96. The summed E-state index contributed by atoms with van der Waals surface area (Å²) in [5.41, 5.74) is 5.32. The lowest BCUT2D eigenvalue weighted by atomic mass is 10.1. The van der Waals surface area contributed by atoms with E-state index in [-0.39, 0.29) is 24.4 Å². The predicted molar refractivity (Wildman–Crippen MR) is 56.6 cm³/mol. The first-order valence-electron chi connectivity index (χ1n) is 5.21. The third kappa shape index (κ3) is 2.26. The first-order chi connectivity index (χ1) is 8.11. The first kappa shape index (κ1) is 11.5. The van der Waals surface area contributed by atoms with Gasteiger partial charge < -0.3 is 15.5 Å². The van der Waals surface area contributed by atoms with Gasteiger partial charge in [-0.15, -0.1) is 5.10 Å². The highest BCUT2D eigenvalue weighted by Gasteiger charge is 2.32. The van der Waals surface area contributed by atoms with Crippen LogP contribution in [0, 0.1) is 0 Å². The van der Waals surface area contributed by atoms with Gasteiger partial charge in [0.2, 0.25) is 11.8 Å². The number of nitrogens with zero attached hydrogens (tertiary/aromatic N) is 3. The van der Waals surface area contributed by atoms with Crippen LogP contribution in [0.4, 0.5) is 6.01 Å². The molecule has 0 aliphatic carbocycles. The molecule has 8 heteroatoms. The van der Waals surface area contributed by atoms with Crippen molar-refractivity contribution < 1.29 is 14.0 Å². The second-order valence-corrected chi connectivity index (χ2v) is 3.73. The Morgan fingerprint density at radius 2 is 2.29 bits per heavy atom. The van der Waals surface area contributed by atoms with Gasteiger partial charge in [0.05, 0.1) is 6.54 Å². The average Bonchev–Trinajstić information content (AvgIpc) is 2.78. The van der Waals surface area contributed by atoms with Gasteiger partial charge in [0.15, 0.2) is 0 Å². The second kappa shape index (κ2) is 4.50. The Morgan fingerprint density at radius 1 is 1.53 bits per heavy atom. The number of likely N-dealkylation sites (N-methyl/N-ethyl adjacent to an activating group) is 1. The quantitative estimate of drug-likeness (QED) is 0.656. The fraction of sp³-hybridized carbons (Fsp3) is 0.556. The Labute approximate surface area is 97.2 Å². The molecule has 92 valence electrons. The molecule has 1 atom stereocenters. The minimum Gasteiger partial charge on any atom is -0.407 e. The third-order valence-corrected chi connectivity index (χ3v) is 2.59. The molecule has 1 saturated heterocycles. The average molecular weight is 239 g/mol. The van der Waals surface area contributed by atoms with Crippen molar-refractivity contribution in [2.45, 2.75) is 25.4 Å². The fourth-order valence-electron chi connectivity index (χ4n) is 1.59. The summed E-state index contributed by atoms with van der Waals surface area (Å²) in [5, 5.41) is 10.2. The number of carbonyl (C=O) groups is 2. The standard InChI is InChI=1S/C9H13N5O3/c1-14-7(15)3-2-5(8(14)16)11-9-13-12-6(4-10)17-9/h5H,2-4,10H2,1H3,(H,11,13). The molecule has 1 aliphatic rings. The van der Waals surface area contributed by atoms with Gasteiger partial charge in [-0.2, -0.15) is 0 Å². The van der Waals surface area contributed by atoms with Gasteiger partial charge >= 0.3 is 6.01 Å². The van der Waals surface area contributed by atoms with Crippen LogP contribution >= 0.6 is 0 Å². The van der Waals surface area contributed by atoms with Crippen LogP contribution in [0.1, 0.15) is 18.7 Å². The number of imide groups is 1. The van der Waals surface area contributed by atoms with Crippen LogP contribution in [0.3, 0.4) is 0 Å². The minimum atomic E-state index is -0.510. The number of anilines is 1. The van der Waals surface area contributed by atoms with Crippen LogP contribution in [0.2, 0.25) is 0 Å². The Kier molecular flexibility index (Phi) is 3.05. The molecular formula is C9H13N5O3. The van der Waals surface area contributed by atoms with Crippen LogP contribution in [0.25, 0.3) is 0 Å². The minimum absolute atomic E-state index is 0.145. The molecule has 17 heavy (non-hydrogen) atoms. The lowest BCUT2D eigenvalue weighted by molar-refractivity contribution is -0.146. The van der Waals surface area contributed by atoms with E-state index in [1.165, 1.54) is 7.05 Å². The van der Waals surface area contributed by atoms with E-state index in [2.05, 4.69) is 15.5 Å². The molecular weight excluding hydrogens is 226 g/mol. The van der Waals surface area contributed by atoms with Crippen molar-refractivity contribution in [3.05, 3.63) is 5.89 Å². The van der Waals surface area contributed by atoms with Gasteiger partial charge in [0, 0.05) is 13.5 Å². The Morgan fingerprint density at radius 3 is 2.94 bits per heavy atom. The number of hydrogen-bond donors (Lipinski definition) is 2. The Bertz CT molecular complexity index is 444. The zero-order valence-electron chi connectivity index (χ0n) is 9.34. The summed E-state index contributed by atoms with van der Waals surface area (Å²) in [6.07, 6.45) is 0.736. The zero-order chi connectivity index (χ0) is 12.4. The summed E-state index contributed by atoms with van der Waals surface area (Å²) in [4.78, 5) is 24.1. The number of likely N-dealkylation sites (tertiary alicyclic amines) is 1. The van der Waals surface area contributed by atoms with Gasteiger partial charge in [0.25, 0.3) is 5.91 Å². The maximum absolute atomic E-state index is 11.7. The van der Waals surface area contributed by atoms with Gasteiger partial charge in [-0.3, -0.25) is 14.5 Å². The molecule has 8 nitrogen and oxygen atoms in total. The molecule has 1 fully saturated rings. The lowest BCUT2D eigenvalue weighted by Crippen LogP contribution is -2.48. The van der Waals surface area contributed by atoms with Crippen LogP contribution in [0.5, 0.6) is 0 Å². The van der Waals surface area contributed by atoms with Crippen molar-refractivity contribution in [2.24, 2.45) is 5.73 Å². The van der Waals surface area contributed by atoms with Crippen LogP contribution in [-0.2, 0) is 16.1 Å². The number of carbonyl (C=O) groups excluding carboxylic acids is 2. The summed E-state index contributed by atoms with van der Waals surface area (Å²) >= 11 is 0. The summed E-state index contributed by atoms with van der Waals surface area (Å²) in [6, 6.07) is -0.365. The normalized spacial score (nSPS) is 20.8. The van der Waals surface area contributed by atoms with Crippen LogP contribution in [-0.4, -0.2) is 40.0 Å². The molecule has 1 aromatic rings. The van der Waals surface area contributed by atoms with Crippen molar-refractivity contribution in [2.75, 3.05) is 12.4 Å². The molecule has 0 radical (unpaired) electrons. The van der Waals surface area contributed by atoms with E-state index in [9.17, 15) is 9.59 Å². The number of nitrogens with two attached hydrogens (primary N) is 1. The van der Waals surface area contributed by atoms with E-state index in [4.69, 9.17) is 10.2 Å². The highest BCUT2D eigenvalue weighted by Crippen LogP contribution is 2.16. The SMILES string of the molecule is CN1C(=O)CCC(Nc2nnc(CN)o2)C1=O. The van der Waals surface area contributed by atoms with Crippen molar-refractivity contribution in [1.82, 2.24) is 15.1 Å². The van der Waals surface area contributed by atoms with Crippen LogP contribution < -0.4 is 11.1 Å². The smallest absolute Gasteiger partial charge is 0.316 e. The topological polar surface area (TPSA) is 114 Å². The highest BCUT2D eigenvalue weighted by atomic mass is 16.4. The van der Waals surface area contributed by atoms with Gasteiger partial charge in [-0.1, -0.05) is 5.10 Å². The van der Waals surface area contributed by atoms with E-state index < -0.39 is 6.04 Å². The van der Waals surface area contributed by atoms with E-state index in [0.29, 0.717) is 18.7 Å². The lowest BCUT2D eigenvalue weighted by Gasteiger charge is -2.27. The third-order valence-electron chi connectivity index (χ3n) is 2.59. The van der Waals surface area contributed by atoms with Crippen molar-refractivity contribution in [3.8, 4) is 0 Å². The maximum Gasteiger partial charge on any atom is 0.316 e. The number of aromatic nitrogens is 2. The number of hydrogen-bond acceptors (Lipinski definition) is 7. The molecule has 2 heterocycles. The molecule has 0 saturated carbocycles. The number of rotatable bonds is 3. The van der Waals surface area contributed by atoms with Gasteiger partial charge in [-0.05, 0) is 6.42 Å². The number of piperidine rings is 1. The van der Waals surface area contributed by atoms with E-state index in [1.807, 2.05) is 0 Å². The van der Waals surface area contributed by atoms with Crippen molar-refractivity contribution in [3.63, 3.8) is 0 Å². The fourth-order valence-corrected chi connectivity index (χ4v) is 1.59. The first-order valence-corrected chi connectivity index (χ1v) is 5.21. The number of amides is 2. The summed E-state index contributed by atoms with van der Waals surface area (Å²) in [5.74, 6) is -0.185. The Balaban J connectivity index is 2.04. The monoisotopic (exact) mass is 239 g/mol. The zero-order valence-corrected chi connectivity index (χ0v) is 9.34. The summed E-state index contributed by atoms with van der Waals surface area (Å²) in [6.45, 7) is 0.145. The van der Waals surface area contributed by atoms with E-state index in [1.54, 1.807) is 0 Å². The molecule has 1 aliphatic heterocycles. The largest absolute Gasteiger partial charge is 0.407 e. The van der Waals surface area contributed by atoms with E-state index in [0.717, 1.165) is 4.90 Å².